The second-order valence-corrected chi connectivity index (χ2v) is 19.6. The minimum atomic E-state index is -4.65. The molecule has 0 unspecified atom stereocenters. The van der Waals surface area contributed by atoms with Crippen molar-refractivity contribution in [3.05, 3.63) is 110 Å². The molecule has 0 bridgehead atoms. The highest BCUT2D eigenvalue weighted by Crippen LogP contribution is 2.37. The Labute approximate surface area is 474 Å². The summed E-state index contributed by atoms with van der Waals surface area (Å²) < 4.78 is 129. The number of nitrogens with one attached hydrogen (secondary N) is 7. The molecule has 31 heteroatoms. The minimum Gasteiger partial charge on any atom is -0.356 e. The molecule has 0 radical (unpaired) electrons. The number of carbonyl (C=O) groups is 3. The van der Waals surface area contributed by atoms with Crippen molar-refractivity contribution < 1.29 is 64.0 Å². The molecule has 0 saturated carbocycles. The number of H-pyrrole nitrogens is 3. The minimum absolute atomic E-state index is 0. The predicted octanol–water partition coefficient (Wildman–Crippen LogP) is 8.81. The summed E-state index contributed by atoms with van der Waals surface area (Å²) in [6.45, 7) is -1.26. The Morgan fingerprint density at radius 3 is 1.55 bits per heavy atom. The van der Waals surface area contributed by atoms with Crippen LogP contribution in [-0.4, -0.2) is 159 Å². The number of anilines is 3. The molecule has 448 valence electrons. The number of halogens is 10. The van der Waals surface area contributed by atoms with Gasteiger partial charge < -0.3 is 46.0 Å². The van der Waals surface area contributed by atoms with E-state index in [1.165, 1.54) is 29.4 Å². The van der Waals surface area contributed by atoms with Gasteiger partial charge in [-0.25, -0.2) is 62.4 Å². The number of aromatic nitrogens is 12. The van der Waals surface area contributed by atoms with Crippen molar-refractivity contribution in [1.29, 1.82) is 0 Å². The highest BCUT2D eigenvalue weighted by atomic mass is 19.4. The van der Waals surface area contributed by atoms with Crippen molar-refractivity contribution in [1.82, 2.24) is 75.8 Å². The maximum Gasteiger partial charge on any atom is 0.405 e. The zero-order valence-corrected chi connectivity index (χ0v) is 44.2. The van der Waals surface area contributed by atoms with E-state index < -0.39 is 86.6 Å². The number of amides is 3. The van der Waals surface area contributed by atoms with Crippen LogP contribution in [0.5, 0.6) is 0 Å². The lowest BCUT2D eigenvalue weighted by atomic mass is 10.0. The smallest absolute Gasteiger partial charge is 0.356 e. The van der Waals surface area contributed by atoms with E-state index in [1.54, 1.807) is 86.8 Å². The van der Waals surface area contributed by atoms with E-state index in [0.717, 1.165) is 26.9 Å². The van der Waals surface area contributed by atoms with Gasteiger partial charge in [0.05, 0.1) is 13.1 Å². The number of rotatable bonds is 14. The number of fused-ring (bicyclic) bond motifs is 3. The van der Waals surface area contributed by atoms with Gasteiger partial charge in [0.15, 0.2) is 17.5 Å². The molecule has 9 aromatic heterocycles. The van der Waals surface area contributed by atoms with Gasteiger partial charge in [-0.15, -0.1) is 0 Å². The number of hydrogen-bond donors (Lipinski definition) is 7. The van der Waals surface area contributed by atoms with Gasteiger partial charge in [0.2, 0.25) is 17.7 Å². The number of aromatic amines is 3. The normalized spacial score (nSPS) is 16.9. The third kappa shape index (κ3) is 14.2. The van der Waals surface area contributed by atoms with E-state index in [0.29, 0.717) is 45.3 Å². The predicted molar refractivity (Wildman–Crippen MR) is 296 cm³/mol. The summed E-state index contributed by atoms with van der Waals surface area (Å²) in [4.78, 5) is 86.5. The molecule has 0 aliphatic carbocycles. The number of nitrogens with zero attached hydrogens (tertiary/aromatic N) is 11. The molecule has 0 spiro atoms. The fourth-order valence-electron chi connectivity index (χ4n) is 9.21. The SMILES string of the molecule is CC(C)(Nc1ccnc(-c2c[nH]c3ncccc23)n1)C(=O)NCCF.O=C(NCC(F)(F)F)[C@H]1CC(F)(F)CN1c1ccnc(-c2c[nH]c3ncccc23)n1.O=C(NCC(F)(F)F)[C@H]1C[C@H](F)CN1c1ccnc(-c2c[nH]c3ncccc23)n1.[HH].[HH].[HH].[HH]. The first-order valence-corrected chi connectivity index (χ1v) is 25.6. The summed E-state index contributed by atoms with van der Waals surface area (Å²) in [6, 6.07) is 12.8. The molecule has 21 nitrogen and oxygen atoms in total. The van der Waals surface area contributed by atoms with E-state index in [-0.39, 0.29) is 48.6 Å². The molecule has 11 rings (SSSR count). The van der Waals surface area contributed by atoms with Gasteiger partial charge in [0.1, 0.15) is 78.0 Å². The van der Waals surface area contributed by atoms with Gasteiger partial charge in [-0.2, -0.15) is 26.3 Å². The summed E-state index contributed by atoms with van der Waals surface area (Å²) in [5.41, 5.74) is 3.11. The van der Waals surface area contributed by atoms with Crippen LogP contribution in [0.3, 0.4) is 0 Å². The average molecular weight is 1190 g/mol. The average Bonchev–Trinajstić information content (AvgIpc) is 3.16. The molecule has 0 aromatic carbocycles. The van der Waals surface area contributed by atoms with Gasteiger partial charge in [-0.1, -0.05) is 0 Å². The summed E-state index contributed by atoms with van der Waals surface area (Å²) in [5, 5.41) is 11.5. The Balaban J connectivity index is 0.000000236. The molecule has 7 N–H and O–H groups in total. The lowest BCUT2D eigenvalue weighted by molar-refractivity contribution is -0.139. The molecule has 9 aromatic rings. The molecular formula is C53H58F10N18O3. The third-order valence-electron chi connectivity index (χ3n) is 13.0. The molecule has 84 heavy (non-hydrogen) atoms. The maximum absolute atomic E-state index is 14.0. The summed E-state index contributed by atoms with van der Waals surface area (Å²) in [5.74, 6) is -3.75. The largest absolute Gasteiger partial charge is 0.405 e. The van der Waals surface area contributed by atoms with E-state index in [2.05, 4.69) is 70.4 Å². The fraction of sp³-hybridized carbons (Fsp3) is 0.321. The number of alkyl halides is 10. The fourth-order valence-corrected chi connectivity index (χ4v) is 9.21. The number of hydrogen-bond acceptors (Lipinski definition) is 15. The Hall–Kier alpha value is -9.58. The monoisotopic (exact) mass is 1180 g/mol. The van der Waals surface area contributed by atoms with Crippen molar-refractivity contribution in [3.63, 3.8) is 0 Å². The Morgan fingerprint density at radius 2 is 1.07 bits per heavy atom. The summed E-state index contributed by atoms with van der Waals surface area (Å²) in [7, 11) is 0. The lowest BCUT2D eigenvalue weighted by Crippen LogP contribution is -2.48. The standard InChI is InChI=1S/C18H15F5N6O.C18H16F4N6O.C17H19FN6O.4H2/c19-17(20)6-12(16(30)27-8-18(21,22)23)29(9-17)13-3-5-25-15(28-13)11-7-26-14-10(11)2-1-4-24-14;19-10-6-13(17(29)26-9-18(20,21)22)28(8-10)14-3-5-24-16(27-14)12-7-25-15-11(12)2-1-4-23-15;1-17(2,16(25)21-9-6-18)24-13-5-8-20-15(23-13)12-10-22-14-11(12)4-3-7-19-14;;;;/h1-5,7,12H,6,8-9H2,(H,24,26)(H,27,30);1-5,7,10,13H,6,8-9H2,(H,23,25)(H,26,29);3-5,7-8,10H,6,9H2,1-2H3,(H,19,22)(H,21,25)(H,20,23,24);4*1H/t12-;10-,13+;;;;;/m10...../s1. The second kappa shape index (κ2) is 24.5. The van der Waals surface area contributed by atoms with Crippen LogP contribution >= 0.6 is 0 Å². The highest BCUT2D eigenvalue weighted by Gasteiger charge is 2.49. The summed E-state index contributed by atoms with van der Waals surface area (Å²) >= 11 is 0. The Morgan fingerprint density at radius 1 is 0.619 bits per heavy atom. The molecule has 2 aliphatic heterocycles. The summed E-state index contributed by atoms with van der Waals surface area (Å²) in [6.07, 6.45) is 2.80. The van der Waals surface area contributed by atoms with Crippen LogP contribution < -0.4 is 31.1 Å². The second-order valence-electron chi connectivity index (χ2n) is 19.6. The van der Waals surface area contributed by atoms with Crippen LogP contribution in [0.1, 0.15) is 32.4 Å². The number of pyridine rings is 3. The first-order valence-electron chi connectivity index (χ1n) is 25.6. The third-order valence-corrected chi connectivity index (χ3v) is 13.0. The molecule has 11 heterocycles. The van der Waals surface area contributed by atoms with Gasteiger partial charge in [0.25, 0.3) is 5.92 Å². The van der Waals surface area contributed by atoms with Crippen LogP contribution in [0, 0.1) is 0 Å². The molecule has 2 aliphatic rings. The van der Waals surface area contributed by atoms with Crippen LogP contribution in [0.4, 0.5) is 61.4 Å². The van der Waals surface area contributed by atoms with E-state index in [4.69, 9.17) is 0 Å². The number of carbonyl (C=O) groups excluding carboxylic acids is 3. The Kier molecular flexibility index (Phi) is 17.2. The quantitative estimate of drug-likeness (QED) is 0.0501. The van der Waals surface area contributed by atoms with Crippen LogP contribution in [-0.2, 0) is 14.4 Å². The van der Waals surface area contributed by atoms with Crippen LogP contribution in [0.25, 0.3) is 67.3 Å². The maximum atomic E-state index is 14.0. The van der Waals surface area contributed by atoms with Crippen molar-refractivity contribution in [2.75, 3.05) is 54.5 Å². The molecular weight excluding hydrogens is 1130 g/mol. The van der Waals surface area contributed by atoms with E-state index in [1.807, 2.05) is 23.5 Å². The lowest BCUT2D eigenvalue weighted by Gasteiger charge is -2.25. The van der Waals surface area contributed by atoms with Gasteiger partial charge >= 0.3 is 12.4 Å². The van der Waals surface area contributed by atoms with Gasteiger partial charge in [-0.05, 0) is 68.4 Å². The zero-order chi connectivity index (χ0) is 60.0. The zero-order valence-electron chi connectivity index (χ0n) is 44.2. The van der Waals surface area contributed by atoms with E-state index >= 15 is 0 Å². The van der Waals surface area contributed by atoms with Gasteiger partial charge in [-0.3, -0.25) is 14.4 Å². The first kappa shape index (κ1) is 59.1. The molecule has 3 atom stereocenters. The highest BCUT2D eigenvalue weighted by molar-refractivity contribution is 5.94. The van der Waals surface area contributed by atoms with Crippen molar-refractivity contribution >= 4 is 68.3 Å². The van der Waals surface area contributed by atoms with Gasteiger partial charge in [0, 0.05) is 114 Å². The van der Waals surface area contributed by atoms with E-state index in [9.17, 15) is 58.3 Å². The molecule has 2 saturated heterocycles. The van der Waals surface area contributed by atoms with Crippen molar-refractivity contribution in [3.8, 4) is 34.2 Å². The van der Waals surface area contributed by atoms with Crippen LogP contribution in [0.15, 0.2) is 110 Å². The Bertz CT molecular complexity index is 3800. The van der Waals surface area contributed by atoms with Crippen molar-refractivity contribution in [2.45, 2.75) is 68.8 Å². The first-order chi connectivity index (χ1) is 40.0. The van der Waals surface area contributed by atoms with Crippen molar-refractivity contribution in [2.24, 2.45) is 0 Å². The van der Waals surface area contributed by atoms with Crippen LogP contribution in [0.2, 0.25) is 0 Å². The molecule has 2 fully saturated rings. The molecule has 3 amide bonds. The topological polar surface area (TPSA) is 269 Å².